The molecule has 5 heteroatoms. The number of aryl methyl sites for hydroxylation is 1. The molecule has 0 atom stereocenters. The minimum Gasteiger partial charge on any atom is -0.305 e. The van der Waals surface area contributed by atoms with Gasteiger partial charge in [0.2, 0.25) is 0 Å². The molecule has 4 nitrogen and oxygen atoms in total. The molecule has 0 aliphatic heterocycles. The van der Waals surface area contributed by atoms with Gasteiger partial charge in [0.15, 0.2) is 5.82 Å². The minimum absolute atomic E-state index is 0.0450. The maximum atomic E-state index is 12.2. The van der Waals surface area contributed by atoms with E-state index in [1.807, 2.05) is 25.3 Å². The molecule has 0 spiro atoms. The Hall–Kier alpha value is -1.75. The molecule has 106 valence electrons. The first-order valence-electron chi connectivity index (χ1n) is 6.49. The monoisotopic (exact) mass is 289 g/mol. The number of aromatic nitrogens is 2. The molecule has 0 bridgehead atoms. The molecule has 0 radical (unpaired) electrons. The van der Waals surface area contributed by atoms with Gasteiger partial charge in [0.1, 0.15) is 0 Å². The number of carbonyl (C=O) groups is 1. The summed E-state index contributed by atoms with van der Waals surface area (Å²) in [6, 6.07) is 3.69. The zero-order chi connectivity index (χ0) is 14.9. The molecule has 2 aromatic heterocycles. The van der Waals surface area contributed by atoms with Crippen LogP contribution in [0.3, 0.4) is 0 Å². The molecule has 20 heavy (non-hydrogen) atoms. The highest BCUT2D eigenvalue weighted by Gasteiger charge is 2.17. The van der Waals surface area contributed by atoms with E-state index in [0.717, 1.165) is 16.1 Å². The number of hydrogen-bond acceptors (Lipinski definition) is 4. The number of anilines is 1. The first-order valence-corrected chi connectivity index (χ1v) is 7.37. The highest BCUT2D eigenvalue weighted by Crippen LogP contribution is 2.22. The van der Waals surface area contributed by atoms with Gasteiger partial charge in [-0.1, -0.05) is 20.8 Å². The maximum Gasteiger partial charge on any atom is 0.257 e. The van der Waals surface area contributed by atoms with Gasteiger partial charge in [0.25, 0.3) is 5.91 Å². The number of nitrogens with one attached hydrogen (secondary N) is 1. The van der Waals surface area contributed by atoms with Crippen LogP contribution in [-0.2, 0) is 5.41 Å². The Morgan fingerprint density at radius 1 is 1.20 bits per heavy atom. The van der Waals surface area contributed by atoms with Crippen molar-refractivity contribution < 1.29 is 4.79 Å². The van der Waals surface area contributed by atoms with Crippen molar-refractivity contribution >= 4 is 23.1 Å². The fourth-order valence-electron chi connectivity index (χ4n) is 1.72. The largest absolute Gasteiger partial charge is 0.305 e. The summed E-state index contributed by atoms with van der Waals surface area (Å²) in [6.45, 7) is 10.2. The van der Waals surface area contributed by atoms with E-state index in [1.54, 1.807) is 17.4 Å². The van der Waals surface area contributed by atoms with E-state index in [4.69, 9.17) is 0 Å². The van der Waals surface area contributed by atoms with Crippen LogP contribution in [0.4, 0.5) is 5.82 Å². The third-order valence-corrected chi connectivity index (χ3v) is 4.22. The highest BCUT2D eigenvalue weighted by atomic mass is 32.1. The van der Waals surface area contributed by atoms with Gasteiger partial charge in [-0.3, -0.25) is 4.79 Å². The van der Waals surface area contributed by atoms with E-state index in [2.05, 4.69) is 36.3 Å². The summed E-state index contributed by atoms with van der Waals surface area (Å²) in [6.07, 6.45) is 0. The van der Waals surface area contributed by atoms with E-state index in [0.29, 0.717) is 11.4 Å². The fourth-order valence-corrected chi connectivity index (χ4v) is 2.59. The third kappa shape index (κ3) is 3.04. The van der Waals surface area contributed by atoms with Crippen LogP contribution < -0.4 is 5.32 Å². The van der Waals surface area contributed by atoms with Gasteiger partial charge < -0.3 is 5.32 Å². The summed E-state index contributed by atoms with van der Waals surface area (Å²) >= 11 is 1.58. The Bertz CT molecular complexity index is 624. The molecule has 0 aliphatic rings. The lowest BCUT2D eigenvalue weighted by Crippen LogP contribution is -2.17. The predicted molar refractivity (Wildman–Crippen MR) is 82.5 cm³/mol. The van der Waals surface area contributed by atoms with Crippen LogP contribution in [-0.4, -0.2) is 16.1 Å². The summed E-state index contributed by atoms with van der Waals surface area (Å²) in [7, 11) is 0. The average molecular weight is 289 g/mol. The Morgan fingerprint density at radius 3 is 2.35 bits per heavy atom. The highest BCUT2D eigenvalue weighted by molar-refractivity contribution is 7.10. The molecule has 2 rings (SSSR count). The second-order valence-corrected chi connectivity index (χ2v) is 6.92. The van der Waals surface area contributed by atoms with E-state index >= 15 is 0 Å². The summed E-state index contributed by atoms with van der Waals surface area (Å²) in [4.78, 5) is 13.3. The lowest BCUT2D eigenvalue weighted by Gasteiger charge is -2.16. The van der Waals surface area contributed by atoms with Gasteiger partial charge in [-0.25, -0.2) is 0 Å². The molecule has 1 amide bonds. The van der Waals surface area contributed by atoms with Crippen molar-refractivity contribution in [2.75, 3.05) is 5.32 Å². The van der Waals surface area contributed by atoms with E-state index in [9.17, 15) is 4.79 Å². The molecule has 0 aromatic carbocycles. The summed E-state index contributed by atoms with van der Waals surface area (Å²) in [5.74, 6) is 0.343. The average Bonchev–Trinajstić information content (AvgIpc) is 2.69. The Kier molecular flexibility index (Phi) is 3.90. The topological polar surface area (TPSA) is 54.9 Å². The van der Waals surface area contributed by atoms with Gasteiger partial charge in [-0.15, -0.1) is 16.4 Å². The Balaban J connectivity index is 2.15. The predicted octanol–water partition coefficient (Wildman–Crippen LogP) is 3.70. The smallest absolute Gasteiger partial charge is 0.257 e. The number of carbonyl (C=O) groups excluding carboxylic acids is 1. The van der Waals surface area contributed by atoms with Crippen molar-refractivity contribution in [1.82, 2.24) is 10.2 Å². The lowest BCUT2D eigenvalue weighted by molar-refractivity contribution is 0.102. The summed E-state index contributed by atoms with van der Waals surface area (Å²) < 4.78 is 0. The van der Waals surface area contributed by atoms with Gasteiger partial charge >= 0.3 is 0 Å². The van der Waals surface area contributed by atoms with E-state index < -0.39 is 0 Å². The molecule has 2 heterocycles. The van der Waals surface area contributed by atoms with Crippen LogP contribution in [0, 0.1) is 13.8 Å². The first-order chi connectivity index (χ1) is 9.29. The van der Waals surface area contributed by atoms with Crippen molar-refractivity contribution in [2.24, 2.45) is 0 Å². The van der Waals surface area contributed by atoms with Gasteiger partial charge in [-0.05, 0) is 31.5 Å². The second-order valence-electron chi connectivity index (χ2n) is 5.84. The van der Waals surface area contributed by atoms with E-state index in [-0.39, 0.29) is 11.3 Å². The van der Waals surface area contributed by atoms with Crippen LogP contribution in [0.2, 0.25) is 0 Å². The van der Waals surface area contributed by atoms with Crippen LogP contribution in [0.25, 0.3) is 0 Å². The number of amides is 1. The number of hydrogen-bond donors (Lipinski definition) is 1. The van der Waals surface area contributed by atoms with Gasteiger partial charge in [0.05, 0.1) is 11.3 Å². The zero-order valence-electron chi connectivity index (χ0n) is 12.4. The number of rotatable bonds is 2. The van der Waals surface area contributed by atoms with Crippen molar-refractivity contribution in [1.29, 1.82) is 0 Å². The lowest BCUT2D eigenvalue weighted by atomic mass is 9.92. The second kappa shape index (κ2) is 5.32. The van der Waals surface area contributed by atoms with Crippen LogP contribution in [0.1, 0.15) is 47.3 Å². The summed E-state index contributed by atoms with van der Waals surface area (Å²) in [5, 5.41) is 12.9. The van der Waals surface area contributed by atoms with Crippen molar-refractivity contribution in [2.45, 2.75) is 40.0 Å². The molecular weight excluding hydrogens is 270 g/mol. The van der Waals surface area contributed by atoms with Gasteiger partial charge in [0, 0.05) is 15.7 Å². The SMILES string of the molecule is Cc1scc(C(=O)Nc2ccc(C(C)(C)C)nn2)c1C. The molecule has 1 N–H and O–H groups in total. The zero-order valence-corrected chi connectivity index (χ0v) is 13.3. The van der Waals surface area contributed by atoms with Gasteiger partial charge in [-0.2, -0.15) is 5.10 Å². The molecule has 0 unspecified atom stereocenters. The number of nitrogens with zero attached hydrogens (tertiary/aromatic N) is 2. The Labute approximate surface area is 123 Å². The quantitative estimate of drug-likeness (QED) is 0.917. The molecule has 0 fully saturated rings. The number of thiophene rings is 1. The third-order valence-electron chi connectivity index (χ3n) is 3.20. The van der Waals surface area contributed by atoms with Crippen molar-refractivity contribution in [3.63, 3.8) is 0 Å². The maximum absolute atomic E-state index is 12.2. The van der Waals surface area contributed by atoms with Crippen LogP contribution >= 0.6 is 11.3 Å². The van der Waals surface area contributed by atoms with E-state index in [1.165, 1.54) is 0 Å². The first kappa shape index (κ1) is 14.7. The fraction of sp³-hybridized carbons (Fsp3) is 0.400. The van der Waals surface area contributed by atoms with Crippen molar-refractivity contribution in [3.05, 3.63) is 39.2 Å². The molecular formula is C15H19N3OS. The summed E-state index contributed by atoms with van der Waals surface area (Å²) in [5.41, 5.74) is 2.58. The minimum atomic E-state index is -0.135. The molecule has 2 aromatic rings. The molecule has 0 aliphatic carbocycles. The molecule has 0 saturated carbocycles. The Morgan fingerprint density at radius 2 is 1.90 bits per heavy atom. The standard InChI is InChI=1S/C15H19N3OS/c1-9-10(2)20-8-11(9)14(19)16-13-7-6-12(17-18-13)15(3,4)5/h6-8H,1-5H3,(H,16,18,19). The van der Waals surface area contributed by atoms with Crippen LogP contribution in [0.15, 0.2) is 17.5 Å². The van der Waals surface area contributed by atoms with Crippen molar-refractivity contribution in [3.8, 4) is 0 Å². The molecule has 0 saturated heterocycles. The van der Waals surface area contributed by atoms with Crippen LogP contribution in [0.5, 0.6) is 0 Å². The normalized spacial score (nSPS) is 11.4.